The van der Waals surface area contributed by atoms with Crippen LogP contribution in [0.15, 0.2) is 23.2 Å². The van der Waals surface area contributed by atoms with Crippen LogP contribution in [0.4, 0.5) is 0 Å². The second kappa shape index (κ2) is 9.89. The predicted octanol–water partition coefficient (Wildman–Crippen LogP) is 2.70. The Morgan fingerprint density at radius 1 is 1.26 bits per heavy atom. The van der Waals surface area contributed by atoms with Crippen molar-refractivity contribution in [2.24, 2.45) is 4.99 Å². The van der Waals surface area contributed by atoms with Gasteiger partial charge in [-0.2, -0.15) is 0 Å². The Balaban J connectivity index is 0.00000324. The van der Waals surface area contributed by atoms with Gasteiger partial charge in [-0.1, -0.05) is 13.0 Å². The van der Waals surface area contributed by atoms with E-state index >= 15 is 0 Å². The average Bonchev–Trinajstić information content (AvgIpc) is 2.38. The van der Waals surface area contributed by atoms with E-state index in [1.807, 2.05) is 12.1 Å². The summed E-state index contributed by atoms with van der Waals surface area (Å²) in [7, 11) is 3.47. The minimum absolute atomic E-state index is 0. The van der Waals surface area contributed by atoms with Gasteiger partial charge in [0.1, 0.15) is 5.75 Å². The molecule has 0 saturated carbocycles. The van der Waals surface area contributed by atoms with Crippen molar-refractivity contribution in [2.75, 3.05) is 20.7 Å². The third kappa shape index (κ3) is 6.66. The number of aryl methyl sites for hydroxylation is 1. The maximum atomic E-state index is 5.26. The number of nitrogens with zero attached hydrogens (tertiary/aromatic N) is 1. The number of benzene rings is 1. The summed E-state index contributed by atoms with van der Waals surface area (Å²) in [5.74, 6) is 1.72. The summed E-state index contributed by atoms with van der Waals surface area (Å²) in [6, 6.07) is 6.20. The molecule has 5 heteroatoms. The van der Waals surface area contributed by atoms with E-state index in [4.69, 9.17) is 4.74 Å². The maximum Gasteiger partial charge on any atom is 0.191 e. The van der Waals surface area contributed by atoms with Crippen molar-refractivity contribution in [2.45, 2.75) is 26.8 Å². The number of hydrogen-bond donors (Lipinski definition) is 2. The molecule has 0 aliphatic carbocycles. The van der Waals surface area contributed by atoms with Crippen molar-refractivity contribution < 1.29 is 4.74 Å². The van der Waals surface area contributed by atoms with Gasteiger partial charge >= 0.3 is 0 Å². The molecule has 0 spiro atoms. The van der Waals surface area contributed by atoms with Gasteiger partial charge in [0.2, 0.25) is 0 Å². The second-order valence-corrected chi connectivity index (χ2v) is 4.21. The first-order valence-corrected chi connectivity index (χ1v) is 6.28. The zero-order valence-electron chi connectivity index (χ0n) is 12.1. The molecule has 0 saturated heterocycles. The van der Waals surface area contributed by atoms with Crippen molar-refractivity contribution in [1.82, 2.24) is 10.6 Å². The van der Waals surface area contributed by atoms with E-state index in [2.05, 4.69) is 35.5 Å². The molecule has 19 heavy (non-hydrogen) atoms. The number of aliphatic imine (C=N–C) groups is 1. The highest BCUT2D eigenvalue weighted by molar-refractivity contribution is 14.0. The molecule has 1 aromatic carbocycles. The van der Waals surface area contributed by atoms with Crippen LogP contribution in [0.2, 0.25) is 0 Å². The topological polar surface area (TPSA) is 45.7 Å². The Bertz CT molecular complexity index is 408. The molecule has 0 aliphatic heterocycles. The molecule has 1 aromatic rings. The standard InChI is InChI=1S/C14H23N3O.HI/c1-5-6-16-14(15-3)17-10-12-7-11(2)8-13(9-12)18-4;/h7-9H,5-6,10H2,1-4H3,(H2,15,16,17);1H. The quantitative estimate of drug-likeness (QED) is 0.471. The number of ether oxygens (including phenoxy) is 1. The zero-order chi connectivity index (χ0) is 13.4. The lowest BCUT2D eigenvalue weighted by Crippen LogP contribution is -2.37. The van der Waals surface area contributed by atoms with Crippen LogP contribution in [0, 0.1) is 6.92 Å². The molecule has 0 atom stereocenters. The van der Waals surface area contributed by atoms with Gasteiger partial charge in [-0.25, -0.2) is 0 Å². The SMILES string of the molecule is CCCNC(=NC)NCc1cc(C)cc(OC)c1.I. The summed E-state index contributed by atoms with van der Waals surface area (Å²) < 4.78 is 5.26. The second-order valence-electron chi connectivity index (χ2n) is 4.21. The largest absolute Gasteiger partial charge is 0.497 e. The van der Waals surface area contributed by atoms with Crippen LogP contribution in [0.3, 0.4) is 0 Å². The van der Waals surface area contributed by atoms with Crippen LogP contribution in [0.5, 0.6) is 5.75 Å². The summed E-state index contributed by atoms with van der Waals surface area (Å²) in [4.78, 5) is 4.17. The summed E-state index contributed by atoms with van der Waals surface area (Å²) >= 11 is 0. The molecule has 108 valence electrons. The lowest BCUT2D eigenvalue weighted by Gasteiger charge is -2.12. The Labute approximate surface area is 133 Å². The molecule has 0 fully saturated rings. The van der Waals surface area contributed by atoms with E-state index in [0.717, 1.165) is 31.2 Å². The molecule has 4 nitrogen and oxygen atoms in total. The van der Waals surface area contributed by atoms with Crippen molar-refractivity contribution in [3.05, 3.63) is 29.3 Å². The van der Waals surface area contributed by atoms with Gasteiger partial charge in [-0.15, -0.1) is 24.0 Å². The van der Waals surface area contributed by atoms with Gasteiger partial charge in [-0.05, 0) is 36.6 Å². The highest BCUT2D eigenvalue weighted by atomic mass is 127. The third-order valence-corrected chi connectivity index (χ3v) is 2.57. The maximum absolute atomic E-state index is 5.26. The highest BCUT2D eigenvalue weighted by Crippen LogP contribution is 2.16. The molecule has 0 bridgehead atoms. The number of guanidine groups is 1. The van der Waals surface area contributed by atoms with E-state index < -0.39 is 0 Å². The van der Waals surface area contributed by atoms with Gasteiger partial charge < -0.3 is 15.4 Å². The summed E-state index contributed by atoms with van der Waals surface area (Å²) in [6.45, 7) is 5.86. The normalized spacial score (nSPS) is 10.6. The average molecular weight is 377 g/mol. The zero-order valence-corrected chi connectivity index (χ0v) is 14.4. The molecular formula is C14H24IN3O. The van der Waals surface area contributed by atoms with E-state index in [1.54, 1.807) is 14.2 Å². The van der Waals surface area contributed by atoms with Crippen molar-refractivity contribution in [3.8, 4) is 5.75 Å². The fourth-order valence-electron chi connectivity index (χ4n) is 1.69. The molecule has 1 rings (SSSR count). The number of hydrogen-bond acceptors (Lipinski definition) is 2. The Morgan fingerprint density at radius 2 is 2.00 bits per heavy atom. The molecule has 2 N–H and O–H groups in total. The minimum Gasteiger partial charge on any atom is -0.497 e. The monoisotopic (exact) mass is 377 g/mol. The van der Waals surface area contributed by atoms with E-state index in [0.29, 0.717) is 0 Å². The summed E-state index contributed by atoms with van der Waals surface area (Å²) in [5.41, 5.74) is 2.38. The van der Waals surface area contributed by atoms with Crippen molar-refractivity contribution in [3.63, 3.8) is 0 Å². The van der Waals surface area contributed by atoms with Gasteiger partial charge in [0.25, 0.3) is 0 Å². The first-order chi connectivity index (χ1) is 8.69. The molecule has 0 radical (unpaired) electrons. The van der Waals surface area contributed by atoms with Crippen molar-refractivity contribution >= 4 is 29.9 Å². The first kappa shape index (κ1) is 18.0. The van der Waals surface area contributed by atoms with E-state index in [1.165, 1.54) is 11.1 Å². The van der Waals surface area contributed by atoms with Gasteiger partial charge in [0.05, 0.1) is 7.11 Å². The van der Waals surface area contributed by atoms with Gasteiger partial charge in [-0.3, -0.25) is 4.99 Å². The lowest BCUT2D eigenvalue weighted by molar-refractivity contribution is 0.414. The fourth-order valence-corrected chi connectivity index (χ4v) is 1.69. The molecule has 0 heterocycles. The van der Waals surface area contributed by atoms with Gasteiger partial charge in [0.15, 0.2) is 5.96 Å². The molecule has 0 unspecified atom stereocenters. The number of halogens is 1. The number of methoxy groups -OCH3 is 1. The third-order valence-electron chi connectivity index (χ3n) is 2.57. The minimum atomic E-state index is 0. The van der Waals surface area contributed by atoms with E-state index in [-0.39, 0.29) is 24.0 Å². The lowest BCUT2D eigenvalue weighted by atomic mass is 10.1. The molecular weight excluding hydrogens is 353 g/mol. The Hall–Kier alpha value is -0.980. The van der Waals surface area contributed by atoms with Crippen LogP contribution >= 0.6 is 24.0 Å². The van der Waals surface area contributed by atoms with Crippen molar-refractivity contribution in [1.29, 1.82) is 0 Å². The Morgan fingerprint density at radius 3 is 2.58 bits per heavy atom. The van der Waals surface area contributed by atoms with Crippen LogP contribution in [0.1, 0.15) is 24.5 Å². The Kier molecular flexibility index (Phi) is 9.38. The number of rotatable bonds is 5. The number of nitrogens with one attached hydrogen (secondary N) is 2. The summed E-state index contributed by atoms with van der Waals surface area (Å²) in [6.07, 6.45) is 1.08. The molecule has 0 aliphatic rings. The smallest absolute Gasteiger partial charge is 0.191 e. The van der Waals surface area contributed by atoms with Gasteiger partial charge in [0, 0.05) is 20.1 Å². The molecule has 0 amide bonds. The summed E-state index contributed by atoms with van der Waals surface area (Å²) in [5, 5.41) is 6.52. The van der Waals surface area contributed by atoms with E-state index in [9.17, 15) is 0 Å². The fraction of sp³-hybridized carbons (Fsp3) is 0.500. The predicted molar refractivity (Wildman–Crippen MR) is 91.6 cm³/mol. The van der Waals surface area contributed by atoms with Crippen LogP contribution in [-0.4, -0.2) is 26.7 Å². The molecule has 0 aromatic heterocycles. The first-order valence-electron chi connectivity index (χ1n) is 6.28. The highest BCUT2D eigenvalue weighted by Gasteiger charge is 2.00. The van der Waals surface area contributed by atoms with Crippen LogP contribution < -0.4 is 15.4 Å². The van der Waals surface area contributed by atoms with Crippen LogP contribution in [-0.2, 0) is 6.54 Å². The van der Waals surface area contributed by atoms with Crippen LogP contribution in [0.25, 0.3) is 0 Å².